The van der Waals surface area contributed by atoms with Crippen LogP contribution in [0.2, 0.25) is 0 Å². The lowest BCUT2D eigenvalue weighted by molar-refractivity contribution is -0.130. The zero-order valence-electron chi connectivity index (χ0n) is 23.5. The Morgan fingerprint density at radius 2 is 1.78 bits per heavy atom. The van der Waals surface area contributed by atoms with Gasteiger partial charge in [-0.3, -0.25) is 14.4 Å². The lowest BCUT2D eigenvalue weighted by Crippen LogP contribution is -2.59. The van der Waals surface area contributed by atoms with Gasteiger partial charge in [-0.1, -0.05) is 26.0 Å². The van der Waals surface area contributed by atoms with E-state index in [1.54, 1.807) is 56.3 Å². The Balaban J connectivity index is 1.90. The number of para-hydroxylation sites is 2. The molecule has 2 heterocycles. The first-order valence-electron chi connectivity index (χ1n) is 13.2. The van der Waals surface area contributed by atoms with Crippen molar-refractivity contribution in [1.82, 2.24) is 5.32 Å². The number of carbonyl (C=O) groups is 3. The van der Waals surface area contributed by atoms with Gasteiger partial charge in [0.15, 0.2) is 9.84 Å². The smallest absolute Gasteiger partial charge is 0.336 e. The van der Waals surface area contributed by atoms with Crippen molar-refractivity contribution in [1.29, 1.82) is 0 Å². The molecule has 3 amide bonds. The Hall–Kier alpha value is -4.19. The second-order valence-corrected chi connectivity index (χ2v) is 12.4. The van der Waals surface area contributed by atoms with Crippen LogP contribution in [0.25, 0.3) is 11.0 Å². The number of hydrogen-bond acceptors (Lipinski definition) is 8. The molecule has 0 bridgehead atoms. The van der Waals surface area contributed by atoms with Crippen LogP contribution in [0, 0.1) is 5.92 Å². The standard InChI is InChI=1S/C29H33N3O8S/c1-6-17(2)28(35)30-27-18(3)32(25(33)16-41(5,37)38)23-10-8-7-9-22(23)31(29(27)36)15-19-13-26(34)40-24-14-20(39-4)11-12-21(19)24/h7-14,17-18,27H,6,15-16H2,1-5H3,(H,30,35)/t17-,18+,27+/m1/s1. The van der Waals surface area contributed by atoms with Crippen LogP contribution in [0.15, 0.2) is 57.7 Å². The van der Waals surface area contributed by atoms with Crippen LogP contribution < -0.4 is 25.5 Å². The van der Waals surface area contributed by atoms with Crippen LogP contribution in [-0.4, -0.2) is 57.3 Å². The summed E-state index contributed by atoms with van der Waals surface area (Å²) in [6.45, 7) is 5.07. The van der Waals surface area contributed by atoms with Gasteiger partial charge in [0.05, 0.1) is 31.1 Å². The molecule has 0 saturated carbocycles. The molecular formula is C29H33N3O8S. The molecule has 3 atom stereocenters. The number of rotatable bonds is 8. The first-order valence-corrected chi connectivity index (χ1v) is 15.2. The van der Waals surface area contributed by atoms with Crippen molar-refractivity contribution in [3.63, 3.8) is 0 Å². The van der Waals surface area contributed by atoms with Gasteiger partial charge in [0.2, 0.25) is 11.8 Å². The topological polar surface area (TPSA) is 143 Å². The molecule has 0 unspecified atom stereocenters. The number of nitrogens with zero attached hydrogens (tertiary/aromatic N) is 2. The van der Waals surface area contributed by atoms with Crippen LogP contribution in [0.1, 0.15) is 32.8 Å². The van der Waals surface area contributed by atoms with Crippen LogP contribution >= 0.6 is 0 Å². The number of methoxy groups -OCH3 is 1. The van der Waals surface area contributed by atoms with Crippen molar-refractivity contribution in [2.75, 3.05) is 28.9 Å². The monoisotopic (exact) mass is 583 g/mol. The largest absolute Gasteiger partial charge is 0.497 e. The number of nitrogens with one attached hydrogen (secondary N) is 1. The van der Waals surface area contributed by atoms with Crippen molar-refractivity contribution < 1.29 is 32.0 Å². The van der Waals surface area contributed by atoms with Crippen molar-refractivity contribution in [3.8, 4) is 5.75 Å². The van der Waals surface area contributed by atoms with E-state index in [1.165, 1.54) is 23.0 Å². The molecule has 2 aromatic carbocycles. The van der Waals surface area contributed by atoms with Crippen LogP contribution in [0.3, 0.4) is 0 Å². The maximum atomic E-state index is 14.3. The minimum Gasteiger partial charge on any atom is -0.497 e. The summed E-state index contributed by atoms with van der Waals surface area (Å²) in [4.78, 5) is 55.9. The minimum atomic E-state index is -3.71. The Kier molecular flexibility index (Phi) is 8.52. The third-order valence-electron chi connectivity index (χ3n) is 7.23. The summed E-state index contributed by atoms with van der Waals surface area (Å²) in [5, 5.41) is 3.37. The molecule has 1 aliphatic heterocycles. The van der Waals surface area contributed by atoms with Gasteiger partial charge in [-0.25, -0.2) is 13.2 Å². The fraction of sp³-hybridized carbons (Fsp3) is 0.379. The first kappa shape index (κ1) is 29.8. The Bertz CT molecular complexity index is 1670. The number of hydrogen-bond donors (Lipinski definition) is 1. The third kappa shape index (κ3) is 6.27. The number of benzene rings is 2. The molecule has 218 valence electrons. The van der Waals surface area contributed by atoms with E-state index in [1.807, 2.05) is 6.92 Å². The predicted molar refractivity (Wildman–Crippen MR) is 155 cm³/mol. The number of amides is 3. The van der Waals surface area contributed by atoms with Crippen LogP contribution in [-0.2, 0) is 30.8 Å². The van der Waals surface area contributed by atoms with Gasteiger partial charge in [-0.2, -0.15) is 0 Å². The summed E-state index contributed by atoms with van der Waals surface area (Å²) in [6, 6.07) is 10.7. The van der Waals surface area contributed by atoms with E-state index in [2.05, 4.69) is 5.32 Å². The van der Waals surface area contributed by atoms with Crippen molar-refractivity contribution in [3.05, 3.63) is 64.5 Å². The van der Waals surface area contributed by atoms with Gasteiger partial charge in [0, 0.05) is 29.7 Å². The SMILES string of the molecule is CC[C@@H](C)C(=O)N[C@@H]1C(=O)N(Cc2cc(=O)oc3cc(OC)ccc23)c2ccccc2N(C(=O)CS(C)(=O)=O)[C@H]1C. The molecule has 0 aliphatic carbocycles. The van der Waals surface area contributed by atoms with Gasteiger partial charge in [-0.15, -0.1) is 0 Å². The maximum Gasteiger partial charge on any atom is 0.336 e. The molecule has 11 nitrogen and oxygen atoms in total. The van der Waals surface area contributed by atoms with E-state index in [0.29, 0.717) is 34.5 Å². The lowest BCUT2D eigenvalue weighted by atomic mass is 10.0. The highest BCUT2D eigenvalue weighted by atomic mass is 32.2. The molecule has 12 heteroatoms. The molecule has 0 radical (unpaired) electrons. The second kappa shape index (κ2) is 11.7. The van der Waals surface area contributed by atoms with E-state index in [-0.39, 0.29) is 18.0 Å². The third-order valence-corrected chi connectivity index (χ3v) is 8.00. The van der Waals surface area contributed by atoms with Gasteiger partial charge < -0.3 is 24.3 Å². The number of carbonyl (C=O) groups excluding carboxylic acids is 3. The summed E-state index contributed by atoms with van der Waals surface area (Å²) in [7, 11) is -2.22. The maximum absolute atomic E-state index is 14.3. The lowest BCUT2D eigenvalue weighted by Gasteiger charge is -2.32. The normalized spacial score (nSPS) is 18.0. The molecule has 41 heavy (non-hydrogen) atoms. The highest BCUT2D eigenvalue weighted by Gasteiger charge is 2.42. The molecule has 0 saturated heterocycles. The van der Waals surface area contributed by atoms with Gasteiger partial charge >= 0.3 is 5.63 Å². The molecule has 1 aliphatic rings. The number of anilines is 2. The Morgan fingerprint density at radius 3 is 2.41 bits per heavy atom. The zero-order chi connectivity index (χ0) is 30.1. The summed E-state index contributed by atoms with van der Waals surface area (Å²) in [6.07, 6.45) is 1.48. The number of ether oxygens (including phenoxy) is 1. The summed E-state index contributed by atoms with van der Waals surface area (Å²) < 4.78 is 34.8. The quantitative estimate of drug-likeness (QED) is 0.399. The summed E-state index contributed by atoms with van der Waals surface area (Å²) >= 11 is 0. The van der Waals surface area contributed by atoms with E-state index in [4.69, 9.17) is 9.15 Å². The number of fused-ring (bicyclic) bond motifs is 2. The minimum absolute atomic E-state index is 0.0964. The molecule has 1 aromatic heterocycles. The van der Waals surface area contributed by atoms with Crippen LogP contribution in [0.4, 0.5) is 11.4 Å². The summed E-state index contributed by atoms with van der Waals surface area (Å²) in [5.74, 6) is -2.34. The van der Waals surface area contributed by atoms with E-state index in [9.17, 15) is 27.6 Å². The molecular weight excluding hydrogens is 550 g/mol. The van der Waals surface area contributed by atoms with Crippen molar-refractivity contribution in [2.45, 2.75) is 45.8 Å². The zero-order valence-corrected chi connectivity index (χ0v) is 24.4. The average Bonchev–Trinajstić information content (AvgIpc) is 2.99. The Labute approximate surface area is 238 Å². The average molecular weight is 584 g/mol. The highest BCUT2D eigenvalue weighted by molar-refractivity contribution is 7.91. The molecule has 3 aromatic rings. The van der Waals surface area contributed by atoms with Crippen molar-refractivity contribution in [2.24, 2.45) is 5.92 Å². The van der Waals surface area contributed by atoms with Gasteiger partial charge in [-0.05, 0) is 43.2 Å². The van der Waals surface area contributed by atoms with E-state index in [0.717, 1.165) is 6.26 Å². The second-order valence-electron chi connectivity index (χ2n) is 10.2. The molecule has 0 fully saturated rings. The number of sulfone groups is 1. The molecule has 4 rings (SSSR count). The van der Waals surface area contributed by atoms with E-state index < -0.39 is 51.0 Å². The fourth-order valence-electron chi connectivity index (χ4n) is 4.88. The predicted octanol–water partition coefficient (Wildman–Crippen LogP) is 2.65. The summed E-state index contributed by atoms with van der Waals surface area (Å²) in [5.41, 5.74) is 0.730. The van der Waals surface area contributed by atoms with E-state index >= 15 is 0 Å². The van der Waals surface area contributed by atoms with Gasteiger partial charge in [0.1, 0.15) is 23.1 Å². The van der Waals surface area contributed by atoms with Crippen molar-refractivity contribution >= 4 is 49.9 Å². The molecule has 1 N–H and O–H groups in total. The fourth-order valence-corrected chi connectivity index (χ4v) is 5.47. The first-order chi connectivity index (χ1) is 19.3. The van der Waals surface area contributed by atoms with Crippen LogP contribution in [0.5, 0.6) is 5.75 Å². The molecule has 0 spiro atoms. The van der Waals surface area contributed by atoms with Gasteiger partial charge in [0.25, 0.3) is 5.91 Å². The highest BCUT2D eigenvalue weighted by Crippen LogP contribution is 2.37. The Morgan fingerprint density at radius 1 is 1.10 bits per heavy atom.